The Kier molecular flexibility index (Phi) is 10.7. The van der Waals surface area contributed by atoms with Gasteiger partial charge in [0.2, 0.25) is 17.7 Å². The predicted octanol–water partition coefficient (Wildman–Crippen LogP) is 6.20. The minimum Gasteiger partial charge on any atom is -0.489 e. The monoisotopic (exact) mass is 696 g/mol. The largest absolute Gasteiger partial charge is 0.489 e. The molecule has 0 bridgehead atoms. The Balaban J connectivity index is 1.12. The lowest BCUT2D eigenvalue weighted by molar-refractivity contribution is -0.121. The van der Waals surface area contributed by atoms with Crippen LogP contribution in [0.25, 0.3) is 6.08 Å². The zero-order valence-corrected chi connectivity index (χ0v) is 28.0. The number of anilines is 2. The standard InChI is InChI=1S/C40H32N4O6S/c41-37(46)28-13-17-31(18-14-28)44-36(45)24-35(40(44)49)51-33-21-15-30(16-22-33)42-39(48)34(43-38(47)29-9-5-2-6-10-29)23-26-11-19-32(20-12-26)50-25-27-7-3-1-4-8-27/h1-23,35H,24-25H2,(H2,41,46)(H,42,48)(H,43,47)/b34-23-. The molecule has 1 fully saturated rings. The van der Waals surface area contributed by atoms with E-state index in [9.17, 15) is 24.0 Å². The van der Waals surface area contributed by atoms with E-state index < -0.39 is 23.0 Å². The van der Waals surface area contributed by atoms with Crippen LogP contribution < -0.4 is 26.0 Å². The van der Waals surface area contributed by atoms with E-state index in [4.69, 9.17) is 10.5 Å². The molecule has 0 spiro atoms. The number of carbonyl (C=O) groups is 5. The summed E-state index contributed by atoms with van der Waals surface area (Å²) in [6.45, 7) is 0.412. The van der Waals surface area contributed by atoms with Crippen LogP contribution in [-0.4, -0.2) is 34.8 Å². The van der Waals surface area contributed by atoms with Gasteiger partial charge in [-0.05, 0) is 90.0 Å². The van der Waals surface area contributed by atoms with Crippen molar-refractivity contribution in [3.8, 4) is 5.75 Å². The van der Waals surface area contributed by atoms with Crippen LogP contribution in [0.3, 0.4) is 0 Å². The molecule has 10 nitrogen and oxygen atoms in total. The Morgan fingerprint density at radius 2 is 1.43 bits per heavy atom. The minimum absolute atomic E-state index is 0.00888. The van der Waals surface area contributed by atoms with Crippen molar-refractivity contribution in [2.24, 2.45) is 5.73 Å². The van der Waals surface area contributed by atoms with Crippen LogP contribution in [0.1, 0.15) is 38.3 Å². The fourth-order valence-corrected chi connectivity index (χ4v) is 6.29. The van der Waals surface area contributed by atoms with Gasteiger partial charge in [0, 0.05) is 28.1 Å². The highest BCUT2D eigenvalue weighted by Gasteiger charge is 2.40. The summed E-state index contributed by atoms with van der Waals surface area (Å²) in [5, 5.41) is 4.92. The van der Waals surface area contributed by atoms with Crippen LogP contribution in [0.15, 0.2) is 144 Å². The highest BCUT2D eigenvalue weighted by molar-refractivity contribution is 8.00. The van der Waals surface area contributed by atoms with Crippen molar-refractivity contribution in [1.29, 1.82) is 0 Å². The van der Waals surface area contributed by atoms with Gasteiger partial charge in [-0.1, -0.05) is 60.7 Å². The molecule has 0 radical (unpaired) electrons. The molecule has 1 aliphatic rings. The molecule has 5 amide bonds. The minimum atomic E-state index is -0.647. The predicted molar refractivity (Wildman–Crippen MR) is 196 cm³/mol. The average molecular weight is 697 g/mol. The molecular weight excluding hydrogens is 665 g/mol. The first-order valence-electron chi connectivity index (χ1n) is 15.9. The smallest absolute Gasteiger partial charge is 0.272 e. The highest BCUT2D eigenvalue weighted by atomic mass is 32.2. The Bertz CT molecular complexity index is 2090. The molecule has 0 saturated carbocycles. The van der Waals surface area contributed by atoms with Gasteiger partial charge in [-0.3, -0.25) is 24.0 Å². The van der Waals surface area contributed by atoms with Crippen molar-refractivity contribution in [3.05, 3.63) is 161 Å². The second-order valence-electron chi connectivity index (χ2n) is 11.5. The van der Waals surface area contributed by atoms with Crippen molar-refractivity contribution >= 4 is 58.7 Å². The van der Waals surface area contributed by atoms with Gasteiger partial charge in [0.05, 0.1) is 10.9 Å². The second kappa shape index (κ2) is 15.8. The lowest BCUT2D eigenvalue weighted by Crippen LogP contribution is -2.31. The molecule has 0 aliphatic carbocycles. The number of primary amides is 1. The van der Waals surface area contributed by atoms with Gasteiger partial charge in [-0.2, -0.15) is 0 Å². The first-order chi connectivity index (χ1) is 24.7. The molecule has 1 unspecified atom stereocenters. The van der Waals surface area contributed by atoms with E-state index in [-0.39, 0.29) is 29.5 Å². The number of imide groups is 1. The molecule has 1 aliphatic heterocycles. The lowest BCUT2D eigenvalue weighted by Gasteiger charge is -2.15. The van der Waals surface area contributed by atoms with Crippen molar-refractivity contribution in [2.45, 2.75) is 23.2 Å². The summed E-state index contributed by atoms with van der Waals surface area (Å²) in [6.07, 6.45) is 1.59. The number of hydrogen-bond acceptors (Lipinski definition) is 7. The van der Waals surface area contributed by atoms with Gasteiger partial charge in [-0.25, -0.2) is 4.90 Å². The van der Waals surface area contributed by atoms with E-state index in [0.717, 1.165) is 10.5 Å². The number of nitrogens with two attached hydrogens (primary N) is 1. The quantitative estimate of drug-likeness (QED) is 0.104. The molecule has 0 aromatic heterocycles. The van der Waals surface area contributed by atoms with Crippen molar-refractivity contribution < 1.29 is 28.7 Å². The van der Waals surface area contributed by atoms with Crippen LogP contribution in [0.2, 0.25) is 0 Å². The molecule has 1 atom stereocenters. The fourth-order valence-electron chi connectivity index (χ4n) is 5.23. The topological polar surface area (TPSA) is 148 Å². The molecule has 254 valence electrons. The molecule has 11 heteroatoms. The summed E-state index contributed by atoms with van der Waals surface area (Å²) in [4.78, 5) is 65.7. The molecule has 1 saturated heterocycles. The summed E-state index contributed by atoms with van der Waals surface area (Å²) < 4.78 is 5.88. The van der Waals surface area contributed by atoms with Gasteiger partial charge in [0.1, 0.15) is 18.1 Å². The highest BCUT2D eigenvalue weighted by Crippen LogP contribution is 2.34. The molecule has 5 aromatic carbocycles. The molecule has 5 aromatic rings. The Morgan fingerprint density at radius 3 is 2.08 bits per heavy atom. The maximum Gasteiger partial charge on any atom is 0.272 e. The van der Waals surface area contributed by atoms with E-state index in [1.807, 2.05) is 30.3 Å². The van der Waals surface area contributed by atoms with Crippen LogP contribution >= 0.6 is 11.8 Å². The SMILES string of the molecule is NC(=O)c1ccc(N2C(=O)CC(Sc3ccc(NC(=O)/C(=C/c4ccc(OCc5ccccc5)cc4)NC(=O)c4ccccc4)cc3)C2=O)cc1. The van der Waals surface area contributed by atoms with Crippen molar-refractivity contribution in [1.82, 2.24) is 5.32 Å². The van der Waals surface area contributed by atoms with Crippen LogP contribution in [0.4, 0.5) is 11.4 Å². The molecular formula is C40H32N4O6S. The summed E-state index contributed by atoms with van der Waals surface area (Å²) in [6, 6.07) is 38.4. The van der Waals surface area contributed by atoms with E-state index in [1.54, 1.807) is 84.9 Å². The number of rotatable bonds is 12. The first-order valence-corrected chi connectivity index (χ1v) is 16.8. The van der Waals surface area contributed by atoms with E-state index >= 15 is 0 Å². The fraction of sp³-hybridized carbons (Fsp3) is 0.0750. The molecule has 6 rings (SSSR count). The third-order valence-electron chi connectivity index (χ3n) is 7.87. The van der Waals surface area contributed by atoms with E-state index in [0.29, 0.717) is 39.8 Å². The summed E-state index contributed by atoms with van der Waals surface area (Å²) in [5.41, 5.74) is 8.52. The third-order valence-corrected chi connectivity index (χ3v) is 9.07. The Morgan fingerprint density at radius 1 is 0.784 bits per heavy atom. The number of ether oxygens (including phenoxy) is 1. The first kappa shape index (κ1) is 34.4. The van der Waals surface area contributed by atoms with Gasteiger partial charge in [0.15, 0.2) is 0 Å². The van der Waals surface area contributed by atoms with E-state index in [1.165, 1.54) is 36.0 Å². The maximum absolute atomic E-state index is 13.5. The number of nitrogens with one attached hydrogen (secondary N) is 2. The number of thioether (sulfide) groups is 1. The molecule has 51 heavy (non-hydrogen) atoms. The second-order valence-corrected chi connectivity index (χ2v) is 12.8. The Labute approximate surface area is 298 Å². The summed E-state index contributed by atoms with van der Waals surface area (Å²) in [5.74, 6) is -1.65. The van der Waals surface area contributed by atoms with E-state index in [2.05, 4.69) is 10.6 Å². The van der Waals surface area contributed by atoms with Crippen LogP contribution in [0, 0.1) is 0 Å². The summed E-state index contributed by atoms with van der Waals surface area (Å²) in [7, 11) is 0. The molecule has 1 heterocycles. The zero-order valence-electron chi connectivity index (χ0n) is 27.2. The Hall–Kier alpha value is -6.46. The van der Waals surface area contributed by atoms with Gasteiger partial charge >= 0.3 is 0 Å². The number of carbonyl (C=O) groups excluding carboxylic acids is 5. The number of amides is 5. The van der Waals surface area contributed by atoms with Crippen LogP contribution in [-0.2, 0) is 21.0 Å². The van der Waals surface area contributed by atoms with Gasteiger partial charge in [-0.15, -0.1) is 11.8 Å². The third kappa shape index (κ3) is 8.77. The molecule has 4 N–H and O–H groups in total. The van der Waals surface area contributed by atoms with Crippen molar-refractivity contribution in [2.75, 3.05) is 10.2 Å². The number of benzene rings is 5. The lowest BCUT2D eigenvalue weighted by atomic mass is 10.1. The zero-order chi connectivity index (χ0) is 35.7. The normalized spacial score (nSPS) is 14.2. The van der Waals surface area contributed by atoms with Crippen molar-refractivity contribution in [3.63, 3.8) is 0 Å². The van der Waals surface area contributed by atoms with Gasteiger partial charge < -0.3 is 21.1 Å². The maximum atomic E-state index is 13.5. The average Bonchev–Trinajstić information content (AvgIpc) is 3.43. The van der Waals surface area contributed by atoms with Gasteiger partial charge in [0.25, 0.3) is 11.8 Å². The van der Waals surface area contributed by atoms with Crippen LogP contribution in [0.5, 0.6) is 5.75 Å². The summed E-state index contributed by atoms with van der Waals surface area (Å²) >= 11 is 1.24. The number of hydrogen-bond donors (Lipinski definition) is 3. The number of nitrogens with zero attached hydrogens (tertiary/aromatic N) is 1.